The van der Waals surface area contributed by atoms with Crippen LogP contribution >= 0.6 is 0 Å². The first kappa shape index (κ1) is 15.3. The van der Waals surface area contributed by atoms with E-state index in [1.165, 1.54) is 6.92 Å². The third-order valence-corrected chi connectivity index (χ3v) is 2.91. The van der Waals surface area contributed by atoms with Crippen molar-refractivity contribution in [3.63, 3.8) is 0 Å². The normalized spacial score (nSPS) is 16.8. The van der Waals surface area contributed by atoms with Crippen molar-refractivity contribution in [3.05, 3.63) is 0 Å². The van der Waals surface area contributed by atoms with E-state index in [9.17, 15) is 14.4 Å². The second-order valence-corrected chi connectivity index (χ2v) is 4.43. The second kappa shape index (κ2) is 6.96. The first-order valence-corrected chi connectivity index (χ1v) is 6.43. The van der Waals surface area contributed by atoms with Crippen LogP contribution in [0.25, 0.3) is 0 Å². The molecule has 0 unspecified atom stereocenters. The van der Waals surface area contributed by atoms with Crippen LogP contribution in [0.15, 0.2) is 0 Å². The minimum atomic E-state index is -0.536. The van der Waals surface area contributed by atoms with Crippen LogP contribution in [0.4, 0.5) is 4.79 Å². The Balaban J connectivity index is 2.43. The lowest BCUT2D eigenvalue weighted by Crippen LogP contribution is -2.55. The van der Waals surface area contributed by atoms with Gasteiger partial charge in [-0.15, -0.1) is 0 Å². The molecule has 0 bridgehead atoms. The molecule has 7 heteroatoms. The summed E-state index contributed by atoms with van der Waals surface area (Å²) in [5, 5.41) is 2.56. The number of ether oxygens (including phenoxy) is 1. The molecule has 0 aromatic carbocycles. The van der Waals surface area contributed by atoms with Gasteiger partial charge in [-0.1, -0.05) is 0 Å². The standard InChI is InChI=1S/C12H21N3O4/c1-4-19-12(18)15-7-5-14(6-8-15)11(17)9(2)13-10(3)16/h9H,4-8H2,1-3H3,(H,13,16)/t9-/m0/s1. The third-order valence-electron chi connectivity index (χ3n) is 2.91. The summed E-state index contributed by atoms with van der Waals surface area (Å²) >= 11 is 0. The lowest BCUT2D eigenvalue weighted by atomic mass is 10.2. The van der Waals surface area contributed by atoms with Gasteiger partial charge in [0.15, 0.2) is 0 Å². The van der Waals surface area contributed by atoms with Crippen molar-refractivity contribution in [2.75, 3.05) is 32.8 Å². The first-order chi connectivity index (χ1) is 8.95. The van der Waals surface area contributed by atoms with E-state index in [-0.39, 0.29) is 17.9 Å². The number of hydrogen-bond acceptors (Lipinski definition) is 4. The van der Waals surface area contributed by atoms with Crippen molar-refractivity contribution in [1.29, 1.82) is 0 Å². The van der Waals surface area contributed by atoms with Gasteiger partial charge in [-0.2, -0.15) is 0 Å². The Labute approximate surface area is 112 Å². The number of hydrogen-bond donors (Lipinski definition) is 1. The number of rotatable bonds is 3. The van der Waals surface area contributed by atoms with Crippen LogP contribution < -0.4 is 5.32 Å². The molecule has 1 heterocycles. The van der Waals surface area contributed by atoms with Crippen molar-refractivity contribution in [2.24, 2.45) is 0 Å². The van der Waals surface area contributed by atoms with E-state index in [0.29, 0.717) is 32.8 Å². The smallest absolute Gasteiger partial charge is 0.409 e. The molecule has 0 radical (unpaired) electrons. The Kier molecular flexibility index (Phi) is 5.59. The molecule has 1 atom stereocenters. The highest BCUT2D eigenvalue weighted by molar-refractivity contribution is 5.86. The van der Waals surface area contributed by atoms with Crippen LogP contribution in [0.2, 0.25) is 0 Å². The third kappa shape index (κ3) is 4.42. The van der Waals surface area contributed by atoms with E-state index < -0.39 is 6.04 Å². The molecule has 0 spiro atoms. The van der Waals surface area contributed by atoms with Crippen molar-refractivity contribution < 1.29 is 19.1 Å². The van der Waals surface area contributed by atoms with Crippen molar-refractivity contribution in [1.82, 2.24) is 15.1 Å². The van der Waals surface area contributed by atoms with Crippen LogP contribution in [-0.2, 0) is 14.3 Å². The molecule has 1 aliphatic rings. The predicted molar refractivity (Wildman–Crippen MR) is 68.5 cm³/mol. The van der Waals surface area contributed by atoms with Crippen LogP contribution in [0.1, 0.15) is 20.8 Å². The van der Waals surface area contributed by atoms with Crippen molar-refractivity contribution in [2.45, 2.75) is 26.8 Å². The summed E-state index contributed by atoms with van der Waals surface area (Å²) in [4.78, 5) is 37.6. The van der Waals surface area contributed by atoms with Gasteiger partial charge in [0.2, 0.25) is 11.8 Å². The molecule has 1 fully saturated rings. The number of nitrogens with one attached hydrogen (secondary N) is 1. The molecule has 0 saturated carbocycles. The van der Waals surface area contributed by atoms with Gasteiger partial charge in [-0.25, -0.2) is 4.79 Å². The highest BCUT2D eigenvalue weighted by atomic mass is 16.6. The van der Waals surface area contributed by atoms with Gasteiger partial charge in [0.25, 0.3) is 0 Å². The van der Waals surface area contributed by atoms with Crippen LogP contribution in [0.3, 0.4) is 0 Å². The summed E-state index contributed by atoms with van der Waals surface area (Å²) in [6, 6.07) is -0.536. The molecule has 108 valence electrons. The molecule has 0 aliphatic carbocycles. The Morgan fingerprint density at radius 1 is 1.16 bits per heavy atom. The zero-order valence-corrected chi connectivity index (χ0v) is 11.6. The molecule has 0 aromatic heterocycles. The lowest BCUT2D eigenvalue weighted by molar-refractivity contribution is -0.136. The summed E-state index contributed by atoms with van der Waals surface area (Å²) in [6.07, 6.45) is -0.343. The molecule has 1 rings (SSSR count). The van der Waals surface area contributed by atoms with E-state index in [0.717, 1.165) is 0 Å². The fourth-order valence-electron chi connectivity index (χ4n) is 1.96. The molecule has 1 aliphatic heterocycles. The largest absolute Gasteiger partial charge is 0.450 e. The molecule has 3 amide bonds. The fourth-order valence-corrected chi connectivity index (χ4v) is 1.96. The second-order valence-electron chi connectivity index (χ2n) is 4.43. The van der Waals surface area contributed by atoms with E-state index >= 15 is 0 Å². The minimum Gasteiger partial charge on any atom is -0.450 e. The van der Waals surface area contributed by atoms with E-state index in [2.05, 4.69) is 5.32 Å². The van der Waals surface area contributed by atoms with E-state index in [1.54, 1.807) is 23.6 Å². The molecule has 1 N–H and O–H groups in total. The number of nitrogens with zero attached hydrogens (tertiary/aromatic N) is 2. The summed E-state index contributed by atoms with van der Waals surface area (Å²) < 4.78 is 4.90. The average molecular weight is 271 g/mol. The summed E-state index contributed by atoms with van der Waals surface area (Å²) in [6.45, 7) is 6.96. The Bertz CT molecular complexity index is 351. The molecule has 0 aromatic rings. The molecular formula is C12H21N3O4. The minimum absolute atomic E-state index is 0.126. The molecule has 1 saturated heterocycles. The van der Waals surface area contributed by atoms with Gasteiger partial charge >= 0.3 is 6.09 Å². The highest BCUT2D eigenvalue weighted by Gasteiger charge is 2.27. The highest BCUT2D eigenvalue weighted by Crippen LogP contribution is 2.05. The quantitative estimate of drug-likeness (QED) is 0.772. The number of carbonyl (C=O) groups excluding carboxylic acids is 3. The van der Waals surface area contributed by atoms with Gasteiger partial charge in [0, 0.05) is 33.1 Å². The number of amides is 3. The predicted octanol–water partition coefficient (Wildman–Crippen LogP) is -0.188. The maximum Gasteiger partial charge on any atom is 0.409 e. The number of carbonyl (C=O) groups is 3. The van der Waals surface area contributed by atoms with Crippen LogP contribution in [-0.4, -0.2) is 66.5 Å². The van der Waals surface area contributed by atoms with Crippen molar-refractivity contribution in [3.8, 4) is 0 Å². The van der Waals surface area contributed by atoms with Crippen LogP contribution in [0, 0.1) is 0 Å². The summed E-state index contributed by atoms with van der Waals surface area (Å²) in [5.74, 6) is -0.357. The maximum atomic E-state index is 12.0. The molecule has 19 heavy (non-hydrogen) atoms. The Morgan fingerprint density at radius 2 is 1.68 bits per heavy atom. The van der Waals surface area contributed by atoms with E-state index in [1.807, 2.05) is 0 Å². The molecule has 7 nitrogen and oxygen atoms in total. The van der Waals surface area contributed by atoms with Gasteiger partial charge < -0.3 is 19.9 Å². The average Bonchev–Trinajstić information content (AvgIpc) is 2.37. The van der Waals surface area contributed by atoms with Gasteiger partial charge in [0.05, 0.1) is 6.61 Å². The first-order valence-electron chi connectivity index (χ1n) is 6.43. The number of piperazine rings is 1. The van der Waals surface area contributed by atoms with Gasteiger partial charge in [-0.05, 0) is 13.8 Å². The summed E-state index contributed by atoms with van der Waals surface area (Å²) in [5.41, 5.74) is 0. The zero-order valence-electron chi connectivity index (χ0n) is 11.6. The Hall–Kier alpha value is -1.79. The van der Waals surface area contributed by atoms with Crippen molar-refractivity contribution >= 4 is 17.9 Å². The topological polar surface area (TPSA) is 79.0 Å². The zero-order chi connectivity index (χ0) is 14.4. The SMILES string of the molecule is CCOC(=O)N1CCN(C(=O)[C@H](C)NC(C)=O)CC1. The van der Waals surface area contributed by atoms with Crippen LogP contribution in [0.5, 0.6) is 0 Å². The summed E-state index contributed by atoms with van der Waals surface area (Å²) in [7, 11) is 0. The van der Waals surface area contributed by atoms with E-state index in [4.69, 9.17) is 4.74 Å². The molecular weight excluding hydrogens is 250 g/mol. The lowest BCUT2D eigenvalue weighted by Gasteiger charge is -2.35. The maximum absolute atomic E-state index is 12.0. The monoisotopic (exact) mass is 271 g/mol. The van der Waals surface area contributed by atoms with Gasteiger partial charge in [-0.3, -0.25) is 9.59 Å². The van der Waals surface area contributed by atoms with Gasteiger partial charge in [0.1, 0.15) is 6.04 Å². The Morgan fingerprint density at radius 3 is 2.16 bits per heavy atom. The fraction of sp³-hybridized carbons (Fsp3) is 0.750.